The van der Waals surface area contributed by atoms with Crippen LogP contribution in [0.4, 0.5) is 0 Å². The predicted molar refractivity (Wildman–Crippen MR) is 200 cm³/mol. The van der Waals surface area contributed by atoms with Crippen LogP contribution in [0.25, 0.3) is 11.1 Å². The zero-order chi connectivity index (χ0) is 38.2. The van der Waals surface area contributed by atoms with Gasteiger partial charge in [-0.1, -0.05) is 104 Å². The lowest BCUT2D eigenvalue weighted by molar-refractivity contribution is -0.158. The zero-order valence-electron chi connectivity index (χ0n) is 30.1. The molecule has 0 spiro atoms. The van der Waals surface area contributed by atoms with Crippen molar-refractivity contribution in [3.05, 3.63) is 108 Å². The normalized spacial score (nSPS) is 23.1. The van der Waals surface area contributed by atoms with E-state index in [1.807, 2.05) is 54.6 Å². The molecular weight excluding hydrogens is 711 g/mol. The molecule has 3 amide bonds. The standard InChI is InChI=1S/C40H43N5O8S/c1-4-26-22-40(26,39(49)44-54(50,51)28-18-19-28)41-37(47)33-21-27(52-43-36-31-16-10-8-14-29(31)30-15-9-11-17-32(30)36)23-45(33)38(48)35(24(2)3)42-53-34(46)20-25-12-6-5-7-13-25/h4-17,24,26-28,33,35,42H,1,18-23H2,2-3H3,(H,41,47)(H,44,49)/t26-,27-,33+,35-,40+/m1/s1. The first-order valence-corrected chi connectivity index (χ1v) is 19.7. The first-order valence-electron chi connectivity index (χ1n) is 18.1. The summed E-state index contributed by atoms with van der Waals surface area (Å²) in [6.07, 6.45) is 1.84. The number of hydroxylamine groups is 1. The Balaban J connectivity index is 1.13. The van der Waals surface area contributed by atoms with Crippen LogP contribution in [0.15, 0.2) is 96.7 Å². The molecule has 13 nitrogen and oxygen atoms in total. The lowest BCUT2D eigenvalue weighted by Gasteiger charge is -2.30. The van der Waals surface area contributed by atoms with Gasteiger partial charge in [-0.2, -0.15) is 0 Å². The van der Waals surface area contributed by atoms with Gasteiger partial charge in [0.1, 0.15) is 29.4 Å². The van der Waals surface area contributed by atoms with Crippen molar-refractivity contribution >= 4 is 39.4 Å². The Morgan fingerprint density at radius 3 is 2.13 bits per heavy atom. The number of fused-ring (bicyclic) bond motifs is 3. The van der Waals surface area contributed by atoms with Crippen LogP contribution in [0.1, 0.15) is 56.2 Å². The number of carbonyl (C=O) groups excluding carboxylic acids is 4. The molecule has 5 atom stereocenters. The summed E-state index contributed by atoms with van der Waals surface area (Å²) in [5.74, 6) is -3.52. The van der Waals surface area contributed by atoms with E-state index in [0.717, 1.165) is 27.8 Å². The summed E-state index contributed by atoms with van der Waals surface area (Å²) in [4.78, 5) is 67.6. The molecule has 282 valence electrons. The van der Waals surface area contributed by atoms with Crippen LogP contribution in [0.3, 0.4) is 0 Å². The van der Waals surface area contributed by atoms with Gasteiger partial charge in [-0.25, -0.2) is 8.42 Å². The summed E-state index contributed by atoms with van der Waals surface area (Å²) >= 11 is 0. The topological polar surface area (TPSA) is 173 Å². The van der Waals surface area contributed by atoms with E-state index in [1.54, 1.807) is 38.1 Å². The highest BCUT2D eigenvalue weighted by atomic mass is 32.2. The second-order valence-electron chi connectivity index (χ2n) is 14.7. The third kappa shape index (κ3) is 7.40. The maximum Gasteiger partial charge on any atom is 0.329 e. The van der Waals surface area contributed by atoms with Crippen LogP contribution < -0.4 is 15.5 Å². The first kappa shape index (κ1) is 37.0. The van der Waals surface area contributed by atoms with E-state index >= 15 is 0 Å². The molecule has 2 saturated carbocycles. The van der Waals surface area contributed by atoms with Gasteiger partial charge in [0.2, 0.25) is 21.8 Å². The summed E-state index contributed by atoms with van der Waals surface area (Å²) in [6, 6.07) is 22.5. The van der Waals surface area contributed by atoms with Crippen molar-refractivity contribution in [1.29, 1.82) is 0 Å². The van der Waals surface area contributed by atoms with Crippen LogP contribution in [-0.4, -0.2) is 78.2 Å². The lowest BCUT2D eigenvalue weighted by atomic mass is 10.0. The van der Waals surface area contributed by atoms with Crippen molar-refractivity contribution in [3.63, 3.8) is 0 Å². The number of hydrogen-bond acceptors (Lipinski definition) is 10. The maximum atomic E-state index is 14.3. The van der Waals surface area contributed by atoms with Crippen LogP contribution >= 0.6 is 0 Å². The van der Waals surface area contributed by atoms with Crippen molar-refractivity contribution in [2.45, 2.75) is 74.9 Å². The average Bonchev–Trinajstić information content (AvgIpc) is 4.07. The third-order valence-corrected chi connectivity index (χ3v) is 12.3. The number of amides is 3. The molecule has 0 aromatic heterocycles. The Labute approximate surface area is 314 Å². The Bertz CT molecular complexity index is 2070. The largest absolute Gasteiger partial charge is 0.390 e. The van der Waals surface area contributed by atoms with Crippen LogP contribution in [-0.2, 0) is 45.3 Å². The molecule has 14 heteroatoms. The van der Waals surface area contributed by atoms with Crippen molar-refractivity contribution in [3.8, 4) is 11.1 Å². The maximum absolute atomic E-state index is 14.3. The summed E-state index contributed by atoms with van der Waals surface area (Å²) < 4.78 is 27.5. The molecule has 3 aromatic carbocycles. The number of rotatable bonds is 14. The van der Waals surface area contributed by atoms with Gasteiger partial charge >= 0.3 is 5.97 Å². The summed E-state index contributed by atoms with van der Waals surface area (Å²) in [5.41, 5.74) is 6.25. The summed E-state index contributed by atoms with van der Waals surface area (Å²) in [5, 5.41) is 6.72. The molecule has 4 aliphatic rings. The molecule has 0 radical (unpaired) electrons. The van der Waals surface area contributed by atoms with Crippen molar-refractivity contribution < 1.29 is 37.3 Å². The van der Waals surface area contributed by atoms with E-state index in [-0.39, 0.29) is 31.7 Å². The smallest absolute Gasteiger partial charge is 0.329 e. The van der Waals surface area contributed by atoms with Crippen molar-refractivity contribution in [2.75, 3.05) is 6.54 Å². The van der Waals surface area contributed by atoms with Gasteiger partial charge in [0.25, 0.3) is 5.91 Å². The van der Waals surface area contributed by atoms with Crippen molar-refractivity contribution in [2.24, 2.45) is 17.0 Å². The van der Waals surface area contributed by atoms with E-state index in [9.17, 15) is 27.6 Å². The Morgan fingerprint density at radius 2 is 1.56 bits per heavy atom. The fourth-order valence-corrected chi connectivity index (χ4v) is 8.55. The fourth-order valence-electron chi connectivity index (χ4n) is 7.18. The third-order valence-electron chi connectivity index (χ3n) is 10.5. The number of nitrogens with one attached hydrogen (secondary N) is 3. The summed E-state index contributed by atoms with van der Waals surface area (Å²) in [6.45, 7) is 7.28. The van der Waals surface area contributed by atoms with Crippen LogP contribution in [0.5, 0.6) is 0 Å². The van der Waals surface area contributed by atoms with E-state index < -0.39 is 68.6 Å². The van der Waals surface area contributed by atoms with Gasteiger partial charge in [0, 0.05) is 23.5 Å². The van der Waals surface area contributed by atoms with Crippen LogP contribution in [0.2, 0.25) is 0 Å². The molecule has 1 aliphatic heterocycles. The molecule has 1 heterocycles. The average molecular weight is 754 g/mol. The number of sulfonamides is 1. The molecule has 3 aliphatic carbocycles. The minimum Gasteiger partial charge on any atom is -0.390 e. The number of oxime groups is 1. The first-order chi connectivity index (χ1) is 25.9. The Morgan fingerprint density at radius 1 is 0.944 bits per heavy atom. The molecular formula is C40H43N5O8S. The number of carbonyl (C=O) groups is 4. The number of nitrogens with zero attached hydrogens (tertiary/aromatic N) is 2. The molecule has 1 saturated heterocycles. The number of hydrogen-bond donors (Lipinski definition) is 3. The van der Waals surface area contributed by atoms with Gasteiger partial charge < -0.3 is 19.9 Å². The Kier molecular flexibility index (Phi) is 10.2. The highest BCUT2D eigenvalue weighted by Crippen LogP contribution is 2.45. The monoisotopic (exact) mass is 753 g/mol. The lowest BCUT2D eigenvalue weighted by Crippen LogP contribution is -2.58. The van der Waals surface area contributed by atoms with Gasteiger partial charge in [-0.15, -0.1) is 12.1 Å². The molecule has 3 fully saturated rings. The minimum absolute atomic E-state index is 0.0187. The quantitative estimate of drug-likeness (QED) is 0.129. The SMILES string of the molecule is C=C[C@@H]1C[C@@]1(NC(=O)[C@@H]1C[C@@H](ON=C2c3ccccc3-c3ccccc32)CN1C(=O)[C@H](NOC(=O)Cc1ccccc1)C(C)C)C(=O)NS(=O)(=O)C1CC1. The van der Waals surface area contributed by atoms with E-state index in [0.29, 0.717) is 18.6 Å². The minimum atomic E-state index is -3.90. The van der Waals surface area contributed by atoms with Gasteiger partial charge in [-0.05, 0) is 41.9 Å². The molecule has 3 N–H and O–H groups in total. The number of benzene rings is 3. The highest BCUT2D eigenvalue weighted by molar-refractivity contribution is 7.91. The van der Waals surface area contributed by atoms with Crippen molar-refractivity contribution in [1.82, 2.24) is 20.4 Å². The zero-order valence-corrected chi connectivity index (χ0v) is 30.9. The van der Waals surface area contributed by atoms with Gasteiger partial charge in [0.05, 0.1) is 18.2 Å². The molecule has 0 bridgehead atoms. The summed E-state index contributed by atoms with van der Waals surface area (Å²) in [7, 11) is -3.90. The second-order valence-corrected chi connectivity index (χ2v) is 16.6. The van der Waals surface area contributed by atoms with E-state index in [4.69, 9.17) is 9.68 Å². The van der Waals surface area contributed by atoms with E-state index in [2.05, 4.69) is 27.3 Å². The van der Waals surface area contributed by atoms with Gasteiger partial charge in [0.15, 0.2) is 0 Å². The molecule has 0 unspecified atom stereocenters. The predicted octanol–water partition coefficient (Wildman–Crippen LogP) is 3.39. The molecule has 7 rings (SSSR count). The second kappa shape index (κ2) is 14.8. The molecule has 3 aromatic rings. The molecule has 54 heavy (non-hydrogen) atoms. The Hall–Kier alpha value is -5.34. The van der Waals surface area contributed by atoms with Crippen LogP contribution in [0, 0.1) is 11.8 Å². The van der Waals surface area contributed by atoms with Gasteiger partial charge in [-0.3, -0.25) is 23.9 Å². The number of likely N-dealkylation sites (tertiary alicyclic amines) is 1. The highest BCUT2D eigenvalue weighted by Gasteiger charge is 2.62. The van der Waals surface area contributed by atoms with E-state index in [1.165, 1.54) is 11.0 Å². The fraction of sp³-hybridized carbons (Fsp3) is 0.375.